The van der Waals surface area contributed by atoms with E-state index in [1.807, 2.05) is 6.20 Å². The first kappa shape index (κ1) is 10.5. The third-order valence-electron chi connectivity index (χ3n) is 3.24. The van der Waals surface area contributed by atoms with E-state index >= 15 is 0 Å². The van der Waals surface area contributed by atoms with Gasteiger partial charge in [-0.3, -0.25) is 0 Å². The van der Waals surface area contributed by atoms with Crippen LogP contribution in [0.5, 0.6) is 0 Å². The van der Waals surface area contributed by atoms with E-state index in [4.69, 9.17) is 0 Å². The smallest absolute Gasteiger partial charge is 0.202 e. The van der Waals surface area contributed by atoms with Gasteiger partial charge in [0.2, 0.25) is 5.95 Å². The molecule has 1 aromatic rings. The van der Waals surface area contributed by atoms with Gasteiger partial charge in [0.25, 0.3) is 0 Å². The van der Waals surface area contributed by atoms with Gasteiger partial charge >= 0.3 is 0 Å². The Hall–Kier alpha value is -0.990. The predicted octanol–water partition coefficient (Wildman–Crippen LogP) is 2.90. The van der Waals surface area contributed by atoms with Gasteiger partial charge in [0.05, 0.1) is 0 Å². The summed E-state index contributed by atoms with van der Waals surface area (Å²) in [6.45, 7) is 4.41. The molecular formula is C12H21N3. The van der Waals surface area contributed by atoms with Crippen molar-refractivity contribution in [1.82, 2.24) is 9.55 Å². The lowest BCUT2D eigenvalue weighted by Gasteiger charge is -2.25. The summed E-state index contributed by atoms with van der Waals surface area (Å²) in [6, 6.07) is 0. The summed E-state index contributed by atoms with van der Waals surface area (Å²) in [5.41, 5.74) is 0. The molecule has 2 rings (SSSR count). The molecule has 1 aromatic heterocycles. The van der Waals surface area contributed by atoms with Crippen molar-refractivity contribution in [3.63, 3.8) is 0 Å². The number of anilines is 1. The summed E-state index contributed by atoms with van der Waals surface area (Å²) >= 11 is 0. The van der Waals surface area contributed by atoms with Gasteiger partial charge in [-0.15, -0.1) is 0 Å². The maximum Gasteiger partial charge on any atom is 0.202 e. The van der Waals surface area contributed by atoms with Gasteiger partial charge in [-0.2, -0.15) is 0 Å². The Kier molecular flexibility index (Phi) is 3.64. The molecule has 0 saturated heterocycles. The van der Waals surface area contributed by atoms with Crippen molar-refractivity contribution in [2.45, 2.75) is 45.6 Å². The van der Waals surface area contributed by atoms with E-state index in [2.05, 4.69) is 28.0 Å². The first-order valence-corrected chi connectivity index (χ1v) is 6.15. The van der Waals surface area contributed by atoms with E-state index in [1.165, 1.54) is 32.1 Å². The normalized spacial score (nSPS) is 16.3. The van der Waals surface area contributed by atoms with Gasteiger partial charge < -0.3 is 9.88 Å². The lowest BCUT2D eigenvalue weighted by atomic mass is 9.85. The van der Waals surface area contributed by atoms with Crippen LogP contribution in [-0.2, 0) is 6.54 Å². The molecule has 1 aliphatic rings. The average molecular weight is 207 g/mol. The molecule has 1 N–H and O–H groups in total. The lowest BCUT2D eigenvalue weighted by molar-refractivity contribution is 0.332. The van der Waals surface area contributed by atoms with Crippen molar-refractivity contribution < 1.29 is 0 Å². The number of hydrogen-bond donors (Lipinski definition) is 1. The lowest BCUT2D eigenvalue weighted by Crippen LogP contribution is -2.22. The number of imidazole rings is 1. The minimum atomic E-state index is 0.890. The first-order valence-electron chi connectivity index (χ1n) is 6.15. The highest BCUT2D eigenvalue weighted by Crippen LogP contribution is 2.26. The summed E-state index contributed by atoms with van der Waals surface area (Å²) in [5.74, 6) is 1.94. The van der Waals surface area contributed by atoms with Crippen LogP contribution in [0.4, 0.5) is 5.95 Å². The number of nitrogens with zero attached hydrogens (tertiary/aromatic N) is 2. The zero-order chi connectivity index (χ0) is 10.5. The summed E-state index contributed by atoms with van der Waals surface area (Å²) in [7, 11) is 0. The van der Waals surface area contributed by atoms with Crippen LogP contribution in [0, 0.1) is 5.92 Å². The molecule has 0 radical (unpaired) electrons. The Morgan fingerprint density at radius 2 is 2.40 bits per heavy atom. The fourth-order valence-corrected chi connectivity index (χ4v) is 1.92. The maximum atomic E-state index is 4.35. The van der Waals surface area contributed by atoms with Crippen LogP contribution in [0.3, 0.4) is 0 Å². The van der Waals surface area contributed by atoms with Crippen molar-refractivity contribution >= 4 is 5.95 Å². The van der Waals surface area contributed by atoms with E-state index in [-0.39, 0.29) is 0 Å². The minimum absolute atomic E-state index is 0.890. The Balaban J connectivity index is 1.80. The minimum Gasteiger partial charge on any atom is -0.355 e. The Bertz CT molecular complexity index is 289. The molecule has 0 aliphatic heterocycles. The molecule has 3 nitrogen and oxygen atoms in total. The molecule has 1 fully saturated rings. The van der Waals surface area contributed by atoms with Gasteiger partial charge in [0, 0.05) is 25.5 Å². The van der Waals surface area contributed by atoms with Crippen molar-refractivity contribution in [3.05, 3.63) is 12.4 Å². The fraction of sp³-hybridized carbons (Fsp3) is 0.750. The summed E-state index contributed by atoms with van der Waals surface area (Å²) < 4.78 is 2.22. The molecule has 0 amide bonds. The maximum absolute atomic E-state index is 4.35. The van der Waals surface area contributed by atoms with Crippen LogP contribution in [0.1, 0.15) is 39.0 Å². The Labute approximate surface area is 91.9 Å². The highest BCUT2D eigenvalue weighted by molar-refractivity contribution is 5.25. The van der Waals surface area contributed by atoms with Crippen LogP contribution in [0.15, 0.2) is 12.4 Å². The standard InChI is InChI=1S/C12H21N3/c1-2-3-8-15-9-7-13-12(15)14-10-11-5-4-6-11/h7,9,11H,2-6,8,10H2,1H3,(H,13,14). The van der Waals surface area contributed by atoms with Gasteiger partial charge in [0.1, 0.15) is 0 Å². The summed E-state index contributed by atoms with van der Waals surface area (Å²) in [6.07, 6.45) is 10.6. The first-order chi connectivity index (χ1) is 7.40. The molecule has 0 bridgehead atoms. The number of hydrogen-bond acceptors (Lipinski definition) is 2. The number of aromatic nitrogens is 2. The SMILES string of the molecule is CCCCn1ccnc1NCC1CCC1. The second kappa shape index (κ2) is 5.19. The third kappa shape index (κ3) is 2.74. The van der Waals surface area contributed by atoms with Crippen molar-refractivity contribution in [2.24, 2.45) is 5.92 Å². The zero-order valence-corrected chi connectivity index (χ0v) is 9.58. The number of aryl methyl sites for hydroxylation is 1. The molecule has 84 valence electrons. The molecule has 15 heavy (non-hydrogen) atoms. The molecule has 0 atom stereocenters. The van der Waals surface area contributed by atoms with E-state index in [1.54, 1.807) is 0 Å². The highest BCUT2D eigenvalue weighted by atomic mass is 15.2. The van der Waals surface area contributed by atoms with Gasteiger partial charge in [-0.05, 0) is 25.2 Å². The van der Waals surface area contributed by atoms with E-state index < -0.39 is 0 Å². The van der Waals surface area contributed by atoms with Crippen molar-refractivity contribution in [3.8, 4) is 0 Å². The topological polar surface area (TPSA) is 29.9 Å². The molecule has 1 heterocycles. The summed E-state index contributed by atoms with van der Waals surface area (Å²) in [4.78, 5) is 4.35. The van der Waals surface area contributed by atoms with Crippen LogP contribution < -0.4 is 5.32 Å². The van der Waals surface area contributed by atoms with Crippen LogP contribution in [-0.4, -0.2) is 16.1 Å². The Morgan fingerprint density at radius 3 is 3.07 bits per heavy atom. The molecular weight excluding hydrogens is 186 g/mol. The van der Waals surface area contributed by atoms with Crippen molar-refractivity contribution in [2.75, 3.05) is 11.9 Å². The molecule has 1 aliphatic carbocycles. The molecule has 0 unspecified atom stereocenters. The van der Waals surface area contributed by atoms with E-state index in [0.717, 1.165) is 25.0 Å². The average Bonchev–Trinajstić information content (AvgIpc) is 2.60. The van der Waals surface area contributed by atoms with Gasteiger partial charge in [0.15, 0.2) is 0 Å². The number of rotatable bonds is 6. The number of nitrogens with one attached hydrogen (secondary N) is 1. The third-order valence-corrected chi connectivity index (χ3v) is 3.24. The van der Waals surface area contributed by atoms with Crippen LogP contribution >= 0.6 is 0 Å². The monoisotopic (exact) mass is 207 g/mol. The molecule has 1 saturated carbocycles. The van der Waals surface area contributed by atoms with E-state index in [9.17, 15) is 0 Å². The highest BCUT2D eigenvalue weighted by Gasteiger charge is 2.17. The second-order valence-corrected chi connectivity index (χ2v) is 4.48. The van der Waals surface area contributed by atoms with Crippen LogP contribution in [0.2, 0.25) is 0 Å². The second-order valence-electron chi connectivity index (χ2n) is 4.48. The molecule has 3 heteroatoms. The quantitative estimate of drug-likeness (QED) is 0.777. The predicted molar refractivity (Wildman–Crippen MR) is 63.0 cm³/mol. The molecule has 0 aromatic carbocycles. The Morgan fingerprint density at radius 1 is 1.53 bits per heavy atom. The number of unbranched alkanes of at least 4 members (excludes halogenated alkanes) is 1. The summed E-state index contributed by atoms with van der Waals surface area (Å²) in [5, 5.41) is 3.46. The molecule has 0 spiro atoms. The van der Waals surface area contributed by atoms with Gasteiger partial charge in [-0.1, -0.05) is 19.8 Å². The van der Waals surface area contributed by atoms with Crippen LogP contribution in [0.25, 0.3) is 0 Å². The van der Waals surface area contributed by atoms with Gasteiger partial charge in [-0.25, -0.2) is 4.98 Å². The van der Waals surface area contributed by atoms with E-state index in [0.29, 0.717) is 0 Å². The fourth-order valence-electron chi connectivity index (χ4n) is 1.92. The largest absolute Gasteiger partial charge is 0.355 e. The van der Waals surface area contributed by atoms with Crippen molar-refractivity contribution in [1.29, 1.82) is 0 Å². The zero-order valence-electron chi connectivity index (χ0n) is 9.58.